The number of amides is 3. The summed E-state index contributed by atoms with van der Waals surface area (Å²) in [5, 5.41) is -1.37. The number of imide groups is 3. The molecule has 1 aliphatic heterocycles. The number of hydrogen-bond acceptors (Lipinski definition) is 6. The normalized spacial score (nSPS) is 19.0. The second-order valence-electron chi connectivity index (χ2n) is 5.58. The van der Waals surface area contributed by atoms with Crippen LogP contribution in [0.3, 0.4) is 0 Å². The lowest BCUT2D eigenvalue weighted by Crippen LogP contribution is -2.40. The fourth-order valence-electron chi connectivity index (χ4n) is 1.76. The van der Waals surface area contributed by atoms with Gasteiger partial charge in [-0.3, -0.25) is 9.59 Å². The van der Waals surface area contributed by atoms with Gasteiger partial charge >= 0.3 is 6.09 Å². The van der Waals surface area contributed by atoms with Crippen LogP contribution in [0.5, 0.6) is 0 Å². The third-order valence-corrected chi connectivity index (χ3v) is 3.75. The molecule has 21 heavy (non-hydrogen) atoms. The average Bonchev–Trinajstić information content (AvgIpc) is 2.63. The number of carbonyl (C=O) groups is 3. The molecule has 0 aliphatic carbocycles. The summed E-state index contributed by atoms with van der Waals surface area (Å²) in [5.74, 6) is -0.593. The monoisotopic (exact) mass is 308 g/mol. The Balaban J connectivity index is 2.20. The lowest BCUT2D eigenvalue weighted by Gasteiger charge is -2.22. The molecule has 112 valence electrons. The van der Waals surface area contributed by atoms with Crippen LogP contribution in [-0.4, -0.2) is 27.7 Å². The van der Waals surface area contributed by atoms with E-state index in [1.54, 1.807) is 45.0 Å². The van der Waals surface area contributed by atoms with Gasteiger partial charge in [0.15, 0.2) is 0 Å². The van der Waals surface area contributed by atoms with Crippen LogP contribution in [-0.2, 0) is 9.53 Å². The van der Waals surface area contributed by atoms with Gasteiger partial charge in [-0.2, -0.15) is 4.90 Å². The van der Waals surface area contributed by atoms with Crippen molar-refractivity contribution in [2.75, 3.05) is 5.73 Å². The smallest absolute Gasteiger partial charge is 0.424 e. The van der Waals surface area contributed by atoms with Gasteiger partial charge in [0.2, 0.25) is 0 Å². The number of nitrogen functional groups attached to an aromatic ring is 1. The zero-order chi connectivity index (χ0) is 15.8. The van der Waals surface area contributed by atoms with Gasteiger partial charge in [0.05, 0.1) is 0 Å². The summed E-state index contributed by atoms with van der Waals surface area (Å²) in [6.07, 6.45) is -0.942. The number of carbonyl (C=O) groups excluding carboxylic acids is 3. The molecule has 1 unspecified atom stereocenters. The first-order valence-electron chi connectivity index (χ1n) is 6.32. The highest BCUT2D eigenvalue weighted by molar-refractivity contribution is 8.15. The SMILES string of the molecule is CC(C)(C)OC(=O)N1C(=O)SC(c2ccc(N)cc2)C1=O. The Labute approximate surface area is 126 Å². The second-order valence-corrected chi connectivity index (χ2v) is 6.64. The van der Waals surface area contributed by atoms with Crippen LogP contribution in [0.2, 0.25) is 0 Å². The van der Waals surface area contributed by atoms with E-state index in [1.165, 1.54) is 0 Å². The fraction of sp³-hybridized carbons (Fsp3) is 0.357. The number of rotatable bonds is 1. The molecule has 0 saturated carbocycles. The fourth-order valence-corrected chi connectivity index (χ4v) is 2.74. The maximum Gasteiger partial charge on any atom is 0.424 e. The van der Waals surface area contributed by atoms with Crippen LogP contribution in [0.25, 0.3) is 0 Å². The van der Waals surface area contributed by atoms with E-state index in [0.717, 1.165) is 11.8 Å². The Hall–Kier alpha value is -2.02. The summed E-state index contributed by atoms with van der Waals surface area (Å²) in [7, 11) is 0. The van der Waals surface area contributed by atoms with E-state index in [9.17, 15) is 14.4 Å². The highest BCUT2D eigenvalue weighted by atomic mass is 32.2. The molecule has 0 spiro atoms. The minimum Gasteiger partial charge on any atom is -0.443 e. The minimum atomic E-state index is -0.942. The summed E-state index contributed by atoms with van der Waals surface area (Å²) >= 11 is 0.791. The summed E-state index contributed by atoms with van der Waals surface area (Å²) in [6.45, 7) is 5.00. The predicted octanol–water partition coefficient (Wildman–Crippen LogP) is 2.94. The molecule has 0 aromatic heterocycles. The van der Waals surface area contributed by atoms with Crippen LogP contribution < -0.4 is 5.73 Å². The van der Waals surface area contributed by atoms with Crippen molar-refractivity contribution in [3.63, 3.8) is 0 Å². The molecule has 6 nitrogen and oxygen atoms in total. The molecule has 2 N–H and O–H groups in total. The molecule has 1 atom stereocenters. The van der Waals surface area contributed by atoms with Crippen LogP contribution in [0.15, 0.2) is 24.3 Å². The van der Waals surface area contributed by atoms with E-state index in [4.69, 9.17) is 10.5 Å². The molecular formula is C14H16N2O4S. The molecule has 1 heterocycles. The Morgan fingerprint density at radius 2 is 1.81 bits per heavy atom. The van der Waals surface area contributed by atoms with Gasteiger partial charge in [-0.05, 0) is 50.2 Å². The average molecular weight is 308 g/mol. The maximum atomic E-state index is 12.3. The summed E-state index contributed by atoms with van der Waals surface area (Å²) < 4.78 is 5.08. The number of benzene rings is 1. The molecule has 1 aromatic carbocycles. The zero-order valence-corrected chi connectivity index (χ0v) is 12.8. The number of anilines is 1. The first-order valence-corrected chi connectivity index (χ1v) is 7.20. The van der Waals surface area contributed by atoms with E-state index in [1.807, 2.05) is 0 Å². The van der Waals surface area contributed by atoms with Crippen molar-refractivity contribution in [1.29, 1.82) is 0 Å². The molecule has 2 rings (SSSR count). The lowest BCUT2D eigenvalue weighted by molar-refractivity contribution is -0.126. The van der Waals surface area contributed by atoms with Gasteiger partial charge in [0.1, 0.15) is 10.9 Å². The van der Waals surface area contributed by atoms with E-state index >= 15 is 0 Å². The van der Waals surface area contributed by atoms with Crippen molar-refractivity contribution in [2.24, 2.45) is 0 Å². The van der Waals surface area contributed by atoms with Crippen molar-refractivity contribution in [1.82, 2.24) is 4.90 Å². The minimum absolute atomic E-state index is 0.553. The molecule has 1 aliphatic rings. The largest absolute Gasteiger partial charge is 0.443 e. The molecule has 1 saturated heterocycles. The van der Waals surface area contributed by atoms with Crippen LogP contribution in [0.1, 0.15) is 31.6 Å². The van der Waals surface area contributed by atoms with E-state index in [-0.39, 0.29) is 0 Å². The Kier molecular flexibility index (Phi) is 3.95. The zero-order valence-electron chi connectivity index (χ0n) is 12.0. The predicted molar refractivity (Wildman–Crippen MR) is 79.7 cm³/mol. The summed E-state index contributed by atoms with van der Waals surface area (Å²) in [4.78, 5) is 36.7. The lowest BCUT2D eigenvalue weighted by atomic mass is 10.1. The van der Waals surface area contributed by atoms with Crippen molar-refractivity contribution >= 4 is 34.7 Å². The van der Waals surface area contributed by atoms with Crippen molar-refractivity contribution in [3.8, 4) is 0 Å². The van der Waals surface area contributed by atoms with Crippen LogP contribution in [0.4, 0.5) is 15.3 Å². The quantitative estimate of drug-likeness (QED) is 0.802. The van der Waals surface area contributed by atoms with Gasteiger partial charge in [-0.1, -0.05) is 12.1 Å². The Morgan fingerprint density at radius 1 is 1.24 bits per heavy atom. The topological polar surface area (TPSA) is 89.7 Å². The maximum absolute atomic E-state index is 12.3. The van der Waals surface area contributed by atoms with Gasteiger partial charge in [-0.25, -0.2) is 4.79 Å². The van der Waals surface area contributed by atoms with E-state index < -0.39 is 28.1 Å². The highest BCUT2D eigenvalue weighted by Crippen LogP contribution is 2.40. The van der Waals surface area contributed by atoms with E-state index in [2.05, 4.69) is 0 Å². The molecule has 1 fully saturated rings. The molecular weight excluding hydrogens is 292 g/mol. The van der Waals surface area contributed by atoms with E-state index in [0.29, 0.717) is 16.2 Å². The van der Waals surface area contributed by atoms with Gasteiger partial charge < -0.3 is 10.5 Å². The van der Waals surface area contributed by atoms with Crippen LogP contribution >= 0.6 is 11.8 Å². The second kappa shape index (κ2) is 5.40. The van der Waals surface area contributed by atoms with Crippen molar-refractivity contribution in [3.05, 3.63) is 29.8 Å². The standard InChI is InChI=1S/C14H16N2O4S/c1-14(2,3)20-12(18)16-11(17)10(21-13(16)19)8-4-6-9(15)7-5-8/h4-7,10H,15H2,1-3H3. The molecule has 0 radical (unpaired) electrons. The number of ether oxygens (including phenoxy) is 1. The summed E-state index contributed by atoms with van der Waals surface area (Å²) in [6, 6.07) is 6.61. The third-order valence-electron chi connectivity index (χ3n) is 2.66. The van der Waals surface area contributed by atoms with Crippen molar-refractivity contribution < 1.29 is 19.1 Å². The third kappa shape index (κ3) is 3.36. The Morgan fingerprint density at radius 3 is 2.33 bits per heavy atom. The summed E-state index contributed by atoms with van der Waals surface area (Å²) in [5.41, 5.74) is 6.00. The molecule has 1 aromatic rings. The number of nitrogens with two attached hydrogens (primary N) is 1. The number of thioether (sulfide) groups is 1. The van der Waals surface area contributed by atoms with Crippen LogP contribution in [0, 0.1) is 0 Å². The highest BCUT2D eigenvalue weighted by Gasteiger charge is 2.46. The molecule has 3 amide bonds. The Bertz CT molecular complexity index is 592. The van der Waals surface area contributed by atoms with Gasteiger partial charge in [0.25, 0.3) is 11.1 Å². The van der Waals surface area contributed by atoms with Crippen molar-refractivity contribution in [2.45, 2.75) is 31.6 Å². The first kappa shape index (κ1) is 15.4. The molecule has 0 bridgehead atoms. The number of nitrogens with zero attached hydrogens (tertiary/aromatic N) is 1. The molecule has 7 heteroatoms. The first-order chi connectivity index (χ1) is 9.69. The number of hydrogen-bond donors (Lipinski definition) is 1. The van der Waals surface area contributed by atoms with Gasteiger partial charge in [0, 0.05) is 5.69 Å². The van der Waals surface area contributed by atoms with Gasteiger partial charge in [-0.15, -0.1) is 0 Å².